The molecule has 2 rings (SSSR count). The quantitative estimate of drug-likeness (QED) is 0.495. The van der Waals surface area contributed by atoms with Crippen molar-refractivity contribution < 1.29 is 4.92 Å². The number of hydrogen-bond donors (Lipinski definition) is 1. The zero-order valence-corrected chi connectivity index (χ0v) is 13.5. The van der Waals surface area contributed by atoms with Crippen LogP contribution in [0, 0.1) is 27.4 Å². The summed E-state index contributed by atoms with van der Waals surface area (Å²) in [6.45, 7) is 4.18. The van der Waals surface area contributed by atoms with E-state index in [9.17, 15) is 15.4 Å². The number of benzene rings is 1. The van der Waals surface area contributed by atoms with E-state index in [0.717, 1.165) is 12.1 Å². The third-order valence-corrected chi connectivity index (χ3v) is 3.76. The monoisotopic (exact) mass is 329 g/mol. The summed E-state index contributed by atoms with van der Waals surface area (Å²) >= 11 is 1.33. The molecule has 1 heterocycles. The predicted octanol–water partition coefficient (Wildman–Crippen LogP) is 3.59. The van der Waals surface area contributed by atoms with E-state index in [4.69, 9.17) is 0 Å². The first-order chi connectivity index (χ1) is 11.0. The molecule has 0 radical (unpaired) electrons. The summed E-state index contributed by atoms with van der Waals surface area (Å²) in [7, 11) is 0. The van der Waals surface area contributed by atoms with Gasteiger partial charge in [-0.25, -0.2) is 4.98 Å². The molecule has 0 atom stereocenters. The summed E-state index contributed by atoms with van der Waals surface area (Å²) in [4.78, 5) is 14.8. The number of para-hydroxylation sites is 2. The van der Waals surface area contributed by atoms with E-state index in [0.29, 0.717) is 10.9 Å². The van der Waals surface area contributed by atoms with Crippen molar-refractivity contribution >= 4 is 28.4 Å². The third kappa shape index (κ3) is 4.34. The van der Waals surface area contributed by atoms with Crippen LogP contribution in [0.25, 0.3) is 0 Å². The van der Waals surface area contributed by atoms with Crippen LogP contribution in [0.5, 0.6) is 0 Å². The maximum Gasteiger partial charge on any atom is 0.294 e. The van der Waals surface area contributed by atoms with Gasteiger partial charge >= 0.3 is 0 Å². The Balaban J connectivity index is 2.22. The van der Waals surface area contributed by atoms with Gasteiger partial charge in [-0.05, 0) is 18.4 Å². The number of nitriles is 1. The van der Waals surface area contributed by atoms with E-state index < -0.39 is 4.92 Å². The molecule has 1 N–H and O–H groups in total. The molecule has 7 nitrogen and oxygen atoms in total. The highest BCUT2D eigenvalue weighted by molar-refractivity contribution is 7.12. The van der Waals surface area contributed by atoms with Crippen molar-refractivity contribution in [3.05, 3.63) is 50.5 Å². The van der Waals surface area contributed by atoms with E-state index in [1.165, 1.54) is 23.5 Å². The van der Waals surface area contributed by atoms with Crippen molar-refractivity contribution in [1.29, 1.82) is 5.26 Å². The Labute approximate surface area is 137 Å². The molecular formula is C15H15N5O2S. The van der Waals surface area contributed by atoms with Crippen molar-refractivity contribution in [3.63, 3.8) is 0 Å². The molecule has 0 bridgehead atoms. The molecule has 2 aromatic rings. The van der Waals surface area contributed by atoms with Crippen LogP contribution in [-0.4, -0.2) is 15.6 Å². The smallest absolute Gasteiger partial charge is 0.270 e. The van der Waals surface area contributed by atoms with Crippen molar-refractivity contribution in [2.24, 2.45) is 11.0 Å². The Morgan fingerprint density at radius 2 is 2.26 bits per heavy atom. The minimum Gasteiger partial charge on any atom is -0.270 e. The molecule has 0 unspecified atom stereocenters. The number of anilines is 1. The lowest BCUT2D eigenvalue weighted by Crippen LogP contribution is -2.03. The van der Waals surface area contributed by atoms with Gasteiger partial charge in [-0.15, -0.1) is 11.3 Å². The second-order valence-corrected chi connectivity index (χ2v) is 6.06. The number of hydrogen-bond acceptors (Lipinski definition) is 7. The van der Waals surface area contributed by atoms with Crippen LogP contribution in [0.1, 0.15) is 24.5 Å². The first-order valence-corrected chi connectivity index (χ1v) is 7.81. The number of nitro groups is 1. The lowest BCUT2D eigenvalue weighted by Gasteiger charge is -2.02. The van der Waals surface area contributed by atoms with Crippen LogP contribution in [0.3, 0.4) is 0 Å². The molecule has 0 saturated heterocycles. The molecule has 118 valence electrons. The van der Waals surface area contributed by atoms with Gasteiger partial charge in [0.25, 0.3) is 5.69 Å². The summed E-state index contributed by atoms with van der Waals surface area (Å²) in [6, 6.07) is 8.09. The van der Waals surface area contributed by atoms with E-state index in [1.807, 2.05) is 11.4 Å². The fraction of sp³-hybridized carbons (Fsp3) is 0.267. The molecular weight excluding hydrogens is 314 g/mol. The summed E-state index contributed by atoms with van der Waals surface area (Å²) in [5.74, 6) is 0.470. The number of thiazole rings is 1. The summed E-state index contributed by atoms with van der Waals surface area (Å²) < 4.78 is 0. The molecule has 0 fully saturated rings. The summed E-state index contributed by atoms with van der Waals surface area (Å²) in [5, 5.41) is 26.6. The molecule has 1 aromatic carbocycles. The van der Waals surface area contributed by atoms with Crippen molar-refractivity contribution in [1.82, 2.24) is 4.98 Å². The second-order valence-electron chi connectivity index (χ2n) is 5.20. The molecule has 0 spiro atoms. The zero-order chi connectivity index (χ0) is 16.8. The number of aromatic nitrogens is 1. The van der Waals surface area contributed by atoms with Gasteiger partial charge in [-0.2, -0.15) is 10.4 Å². The number of hydrazone groups is 1. The Morgan fingerprint density at radius 1 is 1.52 bits per heavy atom. The lowest BCUT2D eigenvalue weighted by molar-refractivity contribution is -0.384. The fourth-order valence-corrected chi connectivity index (χ4v) is 2.66. The molecule has 0 aliphatic carbocycles. The highest BCUT2D eigenvalue weighted by Gasteiger charge is 2.14. The van der Waals surface area contributed by atoms with Gasteiger partial charge in [0.1, 0.15) is 11.8 Å². The number of nitrogens with one attached hydrogen (secondary N) is 1. The van der Waals surface area contributed by atoms with Crippen LogP contribution in [0.4, 0.5) is 11.4 Å². The summed E-state index contributed by atoms with van der Waals surface area (Å²) in [5.41, 5.74) is 3.72. The van der Waals surface area contributed by atoms with Crippen molar-refractivity contribution in [2.45, 2.75) is 20.3 Å². The Hall–Kier alpha value is -2.79. The van der Waals surface area contributed by atoms with Gasteiger partial charge in [-0.3, -0.25) is 15.5 Å². The van der Waals surface area contributed by atoms with E-state index in [-0.39, 0.29) is 17.1 Å². The standard InChI is InChI=1S/C15H15N5O2S/c1-10(2)7-11-9-23-15(17-11)13(8-16)19-18-12-5-3-4-6-14(12)20(21)22/h3-6,9-10,18H,7H2,1-2H3/b19-13+. The average molecular weight is 329 g/mol. The molecule has 23 heavy (non-hydrogen) atoms. The van der Waals surface area contributed by atoms with Crippen LogP contribution < -0.4 is 5.43 Å². The van der Waals surface area contributed by atoms with Crippen molar-refractivity contribution in [2.75, 3.05) is 5.43 Å². The fourth-order valence-electron chi connectivity index (χ4n) is 1.89. The largest absolute Gasteiger partial charge is 0.294 e. The van der Waals surface area contributed by atoms with Gasteiger partial charge in [0.05, 0.1) is 10.6 Å². The van der Waals surface area contributed by atoms with Gasteiger partial charge in [0.2, 0.25) is 0 Å². The van der Waals surface area contributed by atoms with Crippen LogP contribution in [0.2, 0.25) is 0 Å². The average Bonchev–Trinajstić information content (AvgIpc) is 2.95. The van der Waals surface area contributed by atoms with Crippen LogP contribution in [-0.2, 0) is 6.42 Å². The van der Waals surface area contributed by atoms with E-state index in [2.05, 4.69) is 29.4 Å². The maximum atomic E-state index is 11.0. The maximum absolute atomic E-state index is 11.0. The molecule has 8 heteroatoms. The van der Waals surface area contributed by atoms with E-state index >= 15 is 0 Å². The molecule has 0 aliphatic heterocycles. The lowest BCUT2D eigenvalue weighted by atomic mass is 10.1. The Morgan fingerprint density at radius 3 is 2.91 bits per heavy atom. The van der Waals surface area contributed by atoms with Crippen LogP contribution >= 0.6 is 11.3 Å². The molecule has 0 amide bonds. The molecule has 0 saturated carbocycles. The van der Waals surface area contributed by atoms with Crippen LogP contribution in [0.15, 0.2) is 34.7 Å². The van der Waals surface area contributed by atoms with Gasteiger partial charge in [-0.1, -0.05) is 26.0 Å². The number of nitro benzene ring substituents is 1. The third-order valence-electron chi connectivity index (χ3n) is 2.87. The first kappa shape index (κ1) is 16.6. The second kappa shape index (κ2) is 7.47. The van der Waals surface area contributed by atoms with Gasteiger partial charge in [0, 0.05) is 11.4 Å². The number of rotatable bonds is 6. The highest BCUT2D eigenvalue weighted by atomic mass is 32.1. The first-order valence-electron chi connectivity index (χ1n) is 6.93. The van der Waals surface area contributed by atoms with Gasteiger partial charge < -0.3 is 0 Å². The minimum atomic E-state index is -0.506. The highest BCUT2D eigenvalue weighted by Crippen LogP contribution is 2.23. The zero-order valence-electron chi connectivity index (χ0n) is 12.7. The molecule has 1 aromatic heterocycles. The number of nitrogens with zero attached hydrogens (tertiary/aromatic N) is 4. The predicted molar refractivity (Wildman–Crippen MR) is 89.5 cm³/mol. The van der Waals surface area contributed by atoms with Gasteiger partial charge in [0.15, 0.2) is 10.7 Å². The summed E-state index contributed by atoms with van der Waals surface area (Å²) in [6.07, 6.45) is 0.826. The molecule has 0 aliphatic rings. The van der Waals surface area contributed by atoms with E-state index in [1.54, 1.807) is 12.1 Å². The topological polar surface area (TPSA) is 104 Å². The normalized spacial score (nSPS) is 11.3. The minimum absolute atomic E-state index is 0.100. The van der Waals surface area contributed by atoms with Crippen molar-refractivity contribution in [3.8, 4) is 6.07 Å². The SMILES string of the molecule is CC(C)Cc1csc(/C(C#N)=N/Nc2ccccc2[N+](=O)[O-])n1. The Bertz CT molecular complexity index is 776. The Kier molecular flexibility index (Phi) is 5.38.